The van der Waals surface area contributed by atoms with E-state index in [1.54, 1.807) is 25.3 Å². The van der Waals surface area contributed by atoms with Gasteiger partial charge in [0.05, 0.1) is 36.6 Å². The first kappa shape index (κ1) is 23.4. The number of rotatable bonds is 7. The summed E-state index contributed by atoms with van der Waals surface area (Å²) < 4.78 is 10.5. The summed E-state index contributed by atoms with van der Waals surface area (Å²) in [7, 11) is 3.12. The molecule has 2 amide bonds. The summed E-state index contributed by atoms with van der Waals surface area (Å²) in [6.07, 6.45) is -0.387. The highest BCUT2D eigenvalue weighted by Crippen LogP contribution is 2.34. The van der Waals surface area contributed by atoms with E-state index in [9.17, 15) is 9.59 Å². The lowest BCUT2D eigenvalue weighted by Crippen LogP contribution is -2.49. The minimum Gasteiger partial charge on any atom is -0.496 e. The number of halogens is 1. The molecule has 2 unspecified atom stereocenters. The van der Waals surface area contributed by atoms with Gasteiger partial charge in [0.1, 0.15) is 17.7 Å². The van der Waals surface area contributed by atoms with Crippen LogP contribution >= 0.6 is 23.4 Å². The number of aliphatic imine (C=N–C) groups is 1. The van der Waals surface area contributed by atoms with Crippen molar-refractivity contribution in [3.63, 3.8) is 0 Å². The third kappa shape index (κ3) is 5.09. The molecule has 2 atom stereocenters. The second-order valence-electron chi connectivity index (χ2n) is 7.36. The number of hydrogen-bond donors (Lipinski definition) is 3. The Bertz CT molecular complexity index is 1080. The number of hydrazine groups is 1. The van der Waals surface area contributed by atoms with E-state index in [1.807, 2.05) is 24.3 Å². The summed E-state index contributed by atoms with van der Waals surface area (Å²) in [6.45, 7) is 0.799. The van der Waals surface area contributed by atoms with Crippen molar-refractivity contribution in [1.29, 1.82) is 0 Å². The number of thioether (sulfide) groups is 1. The molecule has 4 rings (SSSR count). The van der Waals surface area contributed by atoms with E-state index >= 15 is 0 Å². The van der Waals surface area contributed by atoms with Gasteiger partial charge in [0.15, 0.2) is 5.17 Å². The van der Waals surface area contributed by atoms with Crippen molar-refractivity contribution in [2.24, 2.45) is 10.9 Å². The van der Waals surface area contributed by atoms with Crippen molar-refractivity contribution >= 4 is 46.0 Å². The molecule has 2 aliphatic heterocycles. The lowest BCUT2D eigenvalue weighted by atomic mass is 10.0. The number of carbonyl (C=O) groups is 2. The van der Waals surface area contributed by atoms with Crippen LogP contribution in [0.1, 0.15) is 5.56 Å². The number of methoxy groups -OCH3 is 2. The van der Waals surface area contributed by atoms with Crippen LogP contribution in [0.5, 0.6) is 11.5 Å². The molecule has 2 heterocycles. The number of nitrogens with one attached hydrogen (secondary N) is 3. The quantitative estimate of drug-likeness (QED) is 0.547. The van der Waals surface area contributed by atoms with Gasteiger partial charge in [-0.05, 0) is 24.3 Å². The van der Waals surface area contributed by atoms with Gasteiger partial charge in [0.2, 0.25) is 11.8 Å². The van der Waals surface area contributed by atoms with E-state index in [1.165, 1.54) is 23.8 Å². The first-order chi connectivity index (χ1) is 16.0. The Morgan fingerprint density at radius 3 is 2.79 bits per heavy atom. The number of carbonyl (C=O) groups excluding carboxylic acids is 2. The predicted octanol–water partition coefficient (Wildman–Crippen LogP) is 2.16. The average molecular weight is 490 g/mol. The fourth-order valence-corrected chi connectivity index (χ4v) is 4.75. The Hall–Kier alpha value is -2.79. The fraction of sp³-hybridized carbons (Fsp3) is 0.318. The highest BCUT2D eigenvalue weighted by atomic mass is 35.5. The van der Waals surface area contributed by atoms with Crippen LogP contribution in [0.3, 0.4) is 0 Å². The first-order valence-corrected chi connectivity index (χ1v) is 11.6. The van der Waals surface area contributed by atoms with Crippen LogP contribution in [0, 0.1) is 5.92 Å². The third-order valence-electron chi connectivity index (χ3n) is 5.33. The van der Waals surface area contributed by atoms with Gasteiger partial charge < -0.3 is 14.8 Å². The van der Waals surface area contributed by atoms with Gasteiger partial charge in [-0.3, -0.25) is 19.9 Å². The van der Waals surface area contributed by atoms with Crippen LogP contribution in [0.2, 0.25) is 5.02 Å². The summed E-state index contributed by atoms with van der Waals surface area (Å²) in [4.78, 5) is 32.0. The molecule has 33 heavy (non-hydrogen) atoms. The van der Waals surface area contributed by atoms with Gasteiger partial charge in [-0.2, -0.15) is 0 Å². The maximum absolute atomic E-state index is 13.3. The van der Waals surface area contributed by atoms with Crippen molar-refractivity contribution < 1.29 is 19.1 Å². The number of hydrogen-bond acceptors (Lipinski definition) is 8. The summed E-state index contributed by atoms with van der Waals surface area (Å²) >= 11 is 7.49. The monoisotopic (exact) mass is 489 g/mol. The molecule has 0 aromatic heterocycles. The fourth-order valence-electron chi connectivity index (χ4n) is 3.62. The molecule has 0 saturated carbocycles. The topological polar surface area (TPSA) is 104 Å². The minimum absolute atomic E-state index is 0.0897. The highest BCUT2D eigenvalue weighted by Gasteiger charge is 2.42. The van der Waals surface area contributed by atoms with E-state index in [0.717, 1.165) is 5.56 Å². The Kier molecular flexibility index (Phi) is 7.39. The SMILES string of the molecule is COc1ccc(N2C(=O)C3CNNC3N=C2SCC(=O)NCc2ccccc2OC)cc1Cl. The van der Waals surface area contributed by atoms with Crippen LogP contribution in [0.25, 0.3) is 0 Å². The molecule has 174 valence electrons. The Morgan fingerprint density at radius 1 is 1.24 bits per heavy atom. The van der Waals surface area contributed by atoms with Crippen molar-refractivity contribution in [3.05, 3.63) is 53.1 Å². The lowest BCUT2D eigenvalue weighted by Gasteiger charge is -2.32. The van der Waals surface area contributed by atoms with E-state index in [2.05, 4.69) is 21.2 Å². The van der Waals surface area contributed by atoms with Crippen molar-refractivity contribution in [3.8, 4) is 11.5 Å². The number of amides is 2. The van der Waals surface area contributed by atoms with Crippen molar-refractivity contribution in [2.75, 3.05) is 31.4 Å². The number of fused-ring (bicyclic) bond motifs is 1. The molecule has 3 N–H and O–H groups in total. The van der Waals surface area contributed by atoms with Gasteiger partial charge in [-0.25, -0.2) is 10.4 Å². The molecule has 1 fully saturated rings. The number of amidine groups is 1. The maximum atomic E-state index is 13.3. The zero-order valence-corrected chi connectivity index (χ0v) is 19.7. The standard InChI is InChI=1S/C22H24ClN5O4S/c1-31-17-6-4-3-5-13(17)10-24-19(29)12-33-22-26-20-15(11-25-27-20)21(30)28(22)14-7-8-18(32-2)16(23)9-14/h3-9,15,20,25,27H,10-12H2,1-2H3,(H,24,29). The minimum atomic E-state index is -0.387. The number of anilines is 1. The van der Waals surface area contributed by atoms with Gasteiger partial charge >= 0.3 is 0 Å². The molecule has 9 nitrogen and oxygen atoms in total. The molecule has 2 aromatic rings. The van der Waals surface area contributed by atoms with Crippen LogP contribution in [0.4, 0.5) is 5.69 Å². The largest absolute Gasteiger partial charge is 0.496 e. The van der Waals surface area contributed by atoms with E-state index < -0.39 is 0 Å². The smallest absolute Gasteiger partial charge is 0.241 e. The third-order valence-corrected chi connectivity index (χ3v) is 6.57. The van der Waals surface area contributed by atoms with Crippen LogP contribution in [-0.2, 0) is 16.1 Å². The summed E-state index contributed by atoms with van der Waals surface area (Å²) in [6, 6.07) is 12.6. The predicted molar refractivity (Wildman–Crippen MR) is 129 cm³/mol. The zero-order valence-electron chi connectivity index (χ0n) is 18.1. The lowest BCUT2D eigenvalue weighted by molar-refractivity contribution is -0.121. The maximum Gasteiger partial charge on any atom is 0.241 e. The molecule has 2 aromatic carbocycles. The Morgan fingerprint density at radius 2 is 2.03 bits per heavy atom. The number of nitrogens with zero attached hydrogens (tertiary/aromatic N) is 2. The summed E-state index contributed by atoms with van der Waals surface area (Å²) in [5, 5.41) is 3.69. The zero-order chi connectivity index (χ0) is 23.4. The van der Waals surface area contributed by atoms with Crippen LogP contribution in [-0.4, -0.2) is 49.7 Å². The summed E-state index contributed by atoms with van der Waals surface area (Å²) in [5.74, 6) is 0.649. The molecule has 11 heteroatoms. The highest BCUT2D eigenvalue weighted by molar-refractivity contribution is 8.14. The molecule has 0 radical (unpaired) electrons. The molecular weight excluding hydrogens is 466 g/mol. The summed E-state index contributed by atoms with van der Waals surface area (Å²) in [5.41, 5.74) is 7.43. The van der Waals surface area contributed by atoms with Gasteiger partial charge in [-0.1, -0.05) is 41.6 Å². The Labute approximate surface area is 200 Å². The second-order valence-corrected chi connectivity index (χ2v) is 8.71. The average Bonchev–Trinajstić information content (AvgIpc) is 3.30. The van der Waals surface area contributed by atoms with Gasteiger partial charge in [0, 0.05) is 18.7 Å². The van der Waals surface area contributed by atoms with Crippen LogP contribution in [0.15, 0.2) is 47.5 Å². The van der Waals surface area contributed by atoms with Crippen molar-refractivity contribution in [2.45, 2.75) is 12.7 Å². The van der Waals surface area contributed by atoms with E-state index in [0.29, 0.717) is 40.5 Å². The number of ether oxygens (including phenoxy) is 2. The number of benzene rings is 2. The van der Waals surface area contributed by atoms with Crippen molar-refractivity contribution in [1.82, 2.24) is 16.2 Å². The van der Waals surface area contributed by atoms with Gasteiger partial charge in [0.25, 0.3) is 0 Å². The molecular formula is C22H24ClN5O4S. The second kappa shape index (κ2) is 10.4. The van der Waals surface area contributed by atoms with E-state index in [-0.39, 0.29) is 29.7 Å². The van der Waals surface area contributed by atoms with E-state index in [4.69, 9.17) is 21.1 Å². The molecule has 0 aliphatic carbocycles. The molecule has 0 bridgehead atoms. The van der Waals surface area contributed by atoms with Crippen LogP contribution < -0.4 is 30.5 Å². The molecule has 2 aliphatic rings. The first-order valence-electron chi connectivity index (χ1n) is 10.3. The normalized spacial score (nSPS) is 19.7. The number of para-hydroxylation sites is 1. The molecule has 1 saturated heterocycles. The van der Waals surface area contributed by atoms with Gasteiger partial charge in [-0.15, -0.1) is 0 Å². The Balaban J connectivity index is 1.48. The molecule has 0 spiro atoms.